The molecule has 3 N–H and O–H groups in total. The molecule has 0 spiro atoms. The summed E-state index contributed by atoms with van der Waals surface area (Å²) in [5.41, 5.74) is 7.13. The van der Waals surface area contributed by atoms with Gasteiger partial charge in [-0.1, -0.05) is 0 Å². The smallest absolute Gasteiger partial charge is 0.251 e. The van der Waals surface area contributed by atoms with Gasteiger partial charge >= 0.3 is 0 Å². The normalized spacial score (nSPS) is 10.4. The highest BCUT2D eigenvalue weighted by Crippen LogP contribution is 2.08. The van der Waals surface area contributed by atoms with Gasteiger partial charge in [-0.2, -0.15) is 5.10 Å². The Morgan fingerprint density at radius 2 is 2.26 bits per heavy atom. The van der Waals surface area contributed by atoms with Gasteiger partial charge in [0.05, 0.1) is 18.4 Å². The van der Waals surface area contributed by atoms with Crippen LogP contribution in [0.25, 0.3) is 0 Å². The molecule has 0 aliphatic carbocycles. The molecule has 2 rings (SSSR count). The molecule has 100 valence electrons. The molecule has 0 fully saturated rings. The van der Waals surface area contributed by atoms with Gasteiger partial charge in [0.15, 0.2) is 0 Å². The van der Waals surface area contributed by atoms with E-state index in [9.17, 15) is 9.18 Å². The van der Waals surface area contributed by atoms with Crippen molar-refractivity contribution in [2.24, 2.45) is 0 Å². The van der Waals surface area contributed by atoms with E-state index >= 15 is 0 Å². The maximum atomic E-state index is 13.2. The van der Waals surface area contributed by atoms with E-state index in [2.05, 4.69) is 10.4 Å². The van der Waals surface area contributed by atoms with Crippen LogP contribution in [-0.4, -0.2) is 22.2 Å². The predicted octanol–water partition coefficient (Wildman–Crippen LogP) is 1.34. The Bertz CT molecular complexity index is 574. The summed E-state index contributed by atoms with van der Waals surface area (Å²) in [6.45, 7) is 2.65. The van der Waals surface area contributed by atoms with Crippen molar-refractivity contribution in [3.8, 4) is 0 Å². The van der Waals surface area contributed by atoms with Crippen molar-refractivity contribution in [2.45, 2.75) is 13.5 Å². The topological polar surface area (TPSA) is 72.9 Å². The number of halogens is 1. The van der Waals surface area contributed by atoms with E-state index in [0.717, 1.165) is 0 Å². The second-order valence-corrected chi connectivity index (χ2v) is 4.31. The number of nitrogen functional groups attached to an aromatic ring is 1. The Morgan fingerprint density at radius 1 is 1.47 bits per heavy atom. The lowest BCUT2D eigenvalue weighted by Crippen LogP contribution is -2.27. The van der Waals surface area contributed by atoms with Crippen molar-refractivity contribution in [2.75, 3.05) is 12.3 Å². The lowest BCUT2D eigenvalue weighted by molar-refractivity contribution is 0.0951. The van der Waals surface area contributed by atoms with Crippen LogP contribution in [0.4, 0.5) is 10.1 Å². The minimum atomic E-state index is -0.412. The summed E-state index contributed by atoms with van der Waals surface area (Å²) in [7, 11) is 0. The Morgan fingerprint density at radius 3 is 2.89 bits per heavy atom. The first-order valence-corrected chi connectivity index (χ1v) is 5.88. The average Bonchev–Trinajstić information content (AvgIpc) is 2.73. The van der Waals surface area contributed by atoms with E-state index in [4.69, 9.17) is 5.73 Å². The van der Waals surface area contributed by atoms with Gasteiger partial charge in [-0.15, -0.1) is 0 Å². The molecule has 2 aromatic rings. The number of hydrogen-bond acceptors (Lipinski definition) is 3. The van der Waals surface area contributed by atoms with Crippen molar-refractivity contribution in [1.82, 2.24) is 15.1 Å². The largest absolute Gasteiger partial charge is 0.396 e. The molecule has 6 heteroatoms. The van der Waals surface area contributed by atoms with E-state index in [-0.39, 0.29) is 5.91 Å². The summed E-state index contributed by atoms with van der Waals surface area (Å²) in [6.07, 6.45) is 3.22. The molecular formula is C13H15FN4O. The molecule has 0 saturated heterocycles. The van der Waals surface area contributed by atoms with Gasteiger partial charge in [-0.05, 0) is 30.7 Å². The molecule has 5 nitrogen and oxygen atoms in total. The van der Waals surface area contributed by atoms with Gasteiger partial charge in [-0.3, -0.25) is 9.48 Å². The highest BCUT2D eigenvalue weighted by molar-refractivity contribution is 5.94. The lowest BCUT2D eigenvalue weighted by Gasteiger charge is -2.06. The first kappa shape index (κ1) is 13.1. The van der Waals surface area contributed by atoms with Crippen molar-refractivity contribution >= 4 is 11.6 Å². The number of aryl methyl sites for hydroxylation is 1. The maximum Gasteiger partial charge on any atom is 0.251 e. The van der Waals surface area contributed by atoms with Crippen LogP contribution in [0.3, 0.4) is 0 Å². The molecule has 0 radical (unpaired) electrons. The van der Waals surface area contributed by atoms with E-state index in [1.807, 2.05) is 0 Å². The zero-order valence-corrected chi connectivity index (χ0v) is 10.6. The van der Waals surface area contributed by atoms with E-state index < -0.39 is 5.82 Å². The van der Waals surface area contributed by atoms with Crippen LogP contribution in [0.15, 0.2) is 30.6 Å². The summed E-state index contributed by atoms with van der Waals surface area (Å²) in [5.74, 6) is -0.715. The van der Waals surface area contributed by atoms with Gasteiger partial charge < -0.3 is 11.1 Å². The van der Waals surface area contributed by atoms with Crippen LogP contribution < -0.4 is 11.1 Å². The summed E-state index contributed by atoms with van der Waals surface area (Å²) < 4.78 is 14.8. The lowest BCUT2D eigenvalue weighted by atomic mass is 10.1. The van der Waals surface area contributed by atoms with Crippen molar-refractivity contribution in [3.05, 3.63) is 47.5 Å². The quantitative estimate of drug-likeness (QED) is 0.873. The molecular weight excluding hydrogens is 247 g/mol. The highest BCUT2D eigenvalue weighted by atomic mass is 19.1. The Balaban J connectivity index is 1.90. The van der Waals surface area contributed by atoms with Gasteiger partial charge in [0.25, 0.3) is 5.91 Å². The Hall–Kier alpha value is -2.37. The number of aromatic nitrogens is 2. The fourth-order valence-corrected chi connectivity index (χ4v) is 1.76. The number of anilines is 1. The molecule has 0 aliphatic rings. The number of nitrogens with zero attached hydrogens (tertiary/aromatic N) is 2. The molecule has 1 heterocycles. The number of carbonyl (C=O) groups is 1. The first-order valence-electron chi connectivity index (χ1n) is 5.88. The number of hydrogen-bond donors (Lipinski definition) is 2. The zero-order chi connectivity index (χ0) is 13.8. The molecule has 0 atom stereocenters. The van der Waals surface area contributed by atoms with Gasteiger partial charge in [0, 0.05) is 18.3 Å². The predicted molar refractivity (Wildman–Crippen MR) is 70.1 cm³/mol. The number of benzene rings is 1. The minimum Gasteiger partial charge on any atom is -0.396 e. The fraction of sp³-hybridized carbons (Fsp3) is 0.231. The fourth-order valence-electron chi connectivity index (χ4n) is 1.76. The second kappa shape index (κ2) is 5.51. The summed E-state index contributed by atoms with van der Waals surface area (Å²) >= 11 is 0. The average molecular weight is 262 g/mol. The monoisotopic (exact) mass is 262 g/mol. The summed E-state index contributed by atoms with van der Waals surface area (Å²) in [6, 6.07) is 4.24. The SMILES string of the molecule is Cc1cc(F)cc(C(=O)NCCn2cc(N)cn2)c1. The molecule has 0 aliphatic heterocycles. The van der Waals surface area contributed by atoms with E-state index in [1.165, 1.54) is 18.3 Å². The highest BCUT2D eigenvalue weighted by Gasteiger charge is 2.07. The molecule has 1 amide bonds. The first-order chi connectivity index (χ1) is 9.04. The number of nitrogens with one attached hydrogen (secondary N) is 1. The van der Waals surface area contributed by atoms with Crippen LogP contribution in [0, 0.1) is 12.7 Å². The Labute approximate surface area is 110 Å². The number of rotatable bonds is 4. The molecule has 0 saturated carbocycles. The van der Waals surface area contributed by atoms with Crippen molar-refractivity contribution in [1.29, 1.82) is 0 Å². The number of nitrogens with two attached hydrogens (primary N) is 1. The minimum absolute atomic E-state index is 0.303. The third kappa shape index (κ3) is 3.54. The maximum absolute atomic E-state index is 13.2. The molecule has 1 aromatic heterocycles. The van der Waals surface area contributed by atoms with Gasteiger partial charge in [-0.25, -0.2) is 4.39 Å². The van der Waals surface area contributed by atoms with Crippen LogP contribution in [-0.2, 0) is 6.54 Å². The third-order valence-electron chi connectivity index (χ3n) is 2.58. The van der Waals surface area contributed by atoms with Gasteiger partial charge in [0.1, 0.15) is 5.82 Å². The third-order valence-corrected chi connectivity index (χ3v) is 2.58. The Kier molecular flexibility index (Phi) is 3.79. The van der Waals surface area contributed by atoms with Crippen molar-refractivity contribution in [3.63, 3.8) is 0 Å². The molecule has 19 heavy (non-hydrogen) atoms. The van der Waals surface area contributed by atoms with Crippen LogP contribution in [0.5, 0.6) is 0 Å². The zero-order valence-electron chi connectivity index (χ0n) is 10.6. The summed E-state index contributed by atoms with van der Waals surface area (Å²) in [5, 5.41) is 6.70. The van der Waals surface area contributed by atoms with Gasteiger partial charge in [0.2, 0.25) is 0 Å². The van der Waals surface area contributed by atoms with Crippen LogP contribution in [0.1, 0.15) is 15.9 Å². The van der Waals surface area contributed by atoms with E-state index in [0.29, 0.717) is 29.9 Å². The molecule has 0 bridgehead atoms. The van der Waals surface area contributed by atoms with Crippen LogP contribution >= 0.6 is 0 Å². The number of amides is 1. The summed E-state index contributed by atoms with van der Waals surface area (Å²) in [4.78, 5) is 11.8. The van der Waals surface area contributed by atoms with E-state index in [1.54, 1.807) is 23.9 Å². The molecule has 1 aromatic carbocycles. The molecule has 0 unspecified atom stereocenters. The van der Waals surface area contributed by atoms with Crippen LogP contribution in [0.2, 0.25) is 0 Å². The number of carbonyl (C=O) groups excluding carboxylic acids is 1. The second-order valence-electron chi connectivity index (χ2n) is 4.31. The standard InChI is InChI=1S/C13H15FN4O/c1-9-4-10(6-11(14)5-9)13(19)16-2-3-18-8-12(15)7-17-18/h4-8H,2-3,15H2,1H3,(H,16,19). The van der Waals surface area contributed by atoms with Crippen molar-refractivity contribution < 1.29 is 9.18 Å².